The summed E-state index contributed by atoms with van der Waals surface area (Å²) in [5, 5.41) is 27.6. The van der Waals surface area contributed by atoms with Gasteiger partial charge in [-0.25, -0.2) is 14.4 Å². The zero-order valence-corrected chi connectivity index (χ0v) is 13.9. The Morgan fingerprint density at radius 1 is 0.556 bits per heavy atom. The maximum atomic E-state index is 11.6. The first-order chi connectivity index (χ1) is 12.9. The first-order valence-corrected chi connectivity index (χ1v) is 7.91. The molecule has 6 heteroatoms. The Balaban J connectivity index is 2.13. The van der Waals surface area contributed by atoms with Crippen molar-refractivity contribution in [2.75, 3.05) is 0 Å². The van der Waals surface area contributed by atoms with E-state index in [-0.39, 0.29) is 16.7 Å². The molecule has 0 aliphatic carbocycles. The van der Waals surface area contributed by atoms with Crippen LogP contribution in [-0.2, 0) is 0 Å². The summed E-state index contributed by atoms with van der Waals surface area (Å²) >= 11 is 0. The van der Waals surface area contributed by atoms with Crippen LogP contribution in [0.5, 0.6) is 0 Å². The molecule has 0 aliphatic heterocycles. The number of hydrogen-bond acceptors (Lipinski definition) is 3. The zero-order valence-electron chi connectivity index (χ0n) is 13.9. The fourth-order valence-electron chi connectivity index (χ4n) is 2.77. The summed E-state index contributed by atoms with van der Waals surface area (Å²) < 4.78 is 0. The molecule has 6 nitrogen and oxygen atoms in total. The number of carbonyl (C=O) groups is 3. The van der Waals surface area contributed by atoms with E-state index in [1.807, 2.05) is 0 Å². The van der Waals surface area contributed by atoms with E-state index in [1.54, 1.807) is 36.4 Å². The van der Waals surface area contributed by atoms with Crippen molar-refractivity contribution < 1.29 is 29.7 Å². The van der Waals surface area contributed by atoms with Crippen molar-refractivity contribution >= 4 is 17.9 Å². The third-order valence-electron chi connectivity index (χ3n) is 4.14. The predicted molar refractivity (Wildman–Crippen MR) is 98.2 cm³/mol. The van der Waals surface area contributed by atoms with Crippen LogP contribution in [0, 0.1) is 0 Å². The molecular formula is C21H14O6. The Bertz CT molecular complexity index is 1050. The van der Waals surface area contributed by atoms with E-state index in [0.717, 1.165) is 0 Å². The van der Waals surface area contributed by atoms with Crippen LogP contribution in [0.15, 0.2) is 66.7 Å². The molecule has 0 aromatic heterocycles. The molecular weight excluding hydrogens is 348 g/mol. The van der Waals surface area contributed by atoms with Gasteiger partial charge in [0.2, 0.25) is 0 Å². The van der Waals surface area contributed by atoms with Crippen LogP contribution >= 0.6 is 0 Å². The molecule has 3 N–H and O–H groups in total. The summed E-state index contributed by atoms with van der Waals surface area (Å²) in [6, 6.07) is 16.9. The molecule has 0 saturated carbocycles. The van der Waals surface area contributed by atoms with Crippen LogP contribution in [0.3, 0.4) is 0 Å². The molecule has 0 fully saturated rings. The average molecular weight is 362 g/mol. The topological polar surface area (TPSA) is 112 Å². The molecule has 0 aliphatic rings. The highest BCUT2D eigenvalue weighted by Gasteiger charge is 2.14. The minimum absolute atomic E-state index is 0.0659. The molecule has 0 radical (unpaired) electrons. The Morgan fingerprint density at radius 2 is 1.15 bits per heavy atom. The molecule has 27 heavy (non-hydrogen) atoms. The largest absolute Gasteiger partial charge is 0.478 e. The van der Waals surface area contributed by atoms with Crippen molar-refractivity contribution in [3.8, 4) is 22.3 Å². The summed E-state index contributed by atoms with van der Waals surface area (Å²) in [5.41, 5.74) is 2.54. The van der Waals surface area contributed by atoms with Crippen LogP contribution in [0.2, 0.25) is 0 Å². The van der Waals surface area contributed by atoms with Gasteiger partial charge in [-0.05, 0) is 58.7 Å². The molecule has 0 saturated heterocycles. The lowest BCUT2D eigenvalue weighted by Crippen LogP contribution is -2.01. The van der Waals surface area contributed by atoms with E-state index in [0.29, 0.717) is 22.3 Å². The van der Waals surface area contributed by atoms with Crippen molar-refractivity contribution in [3.63, 3.8) is 0 Å². The van der Waals surface area contributed by atoms with Crippen molar-refractivity contribution in [2.45, 2.75) is 0 Å². The molecule has 0 heterocycles. The van der Waals surface area contributed by atoms with Crippen LogP contribution in [0.4, 0.5) is 0 Å². The van der Waals surface area contributed by atoms with Gasteiger partial charge >= 0.3 is 17.9 Å². The second kappa shape index (κ2) is 7.13. The van der Waals surface area contributed by atoms with Gasteiger partial charge in [0.15, 0.2) is 0 Å². The Hall–Kier alpha value is -3.93. The van der Waals surface area contributed by atoms with Crippen LogP contribution < -0.4 is 0 Å². The van der Waals surface area contributed by atoms with Crippen molar-refractivity contribution in [2.24, 2.45) is 0 Å². The zero-order chi connectivity index (χ0) is 19.6. The third kappa shape index (κ3) is 3.69. The van der Waals surface area contributed by atoms with Gasteiger partial charge in [0.05, 0.1) is 16.7 Å². The van der Waals surface area contributed by atoms with E-state index < -0.39 is 17.9 Å². The molecule has 3 aromatic rings. The van der Waals surface area contributed by atoms with Crippen molar-refractivity contribution in [1.29, 1.82) is 0 Å². The highest BCUT2D eigenvalue weighted by molar-refractivity contribution is 5.98. The van der Waals surface area contributed by atoms with E-state index in [9.17, 15) is 19.5 Å². The van der Waals surface area contributed by atoms with Gasteiger partial charge in [-0.2, -0.15) is 0 Å². The smallest absolute Gasteiger partial charge is 0.336 e. The second-order valence-corrected chi connectivity index (χ2v) is 5.83. The normalized spacial score (nSPS) is 10.4. The van der Waals surface area contributed by atoms with Gasteiger partial charge < -0.3 is 15.3 Å². The van der Waals surface area contributed by atoms with E-state index >= 15 is 0 Å². The van der Waals surface area contributed by atoms with Crippen molar-refractivity contribution in [3.05, 3.63) is 83.4 Å². The lowest BCUT2D eigenvalue weighted by molar-refractivity contribution is 0.0686. The number of rotatable bonds is 5. The third-order valence-corrected chi connectivity index (χ3v) is 4.14. The summed E-state index contributed by atoms with van der Waals surface area (Å²) in [6.07, 6.45) is 0. The molecule has 134 valence electrons. The fraction of sp³-hybridized carbons (Fsp3) is 0. The SMILES string of the molecule is O=C(O)c1ccc(-c2cc(-c3cccc(C(=O)O)c3)ccc2C(=O)O)cc1. The first-order valence-electron chi connectivity index (χ1n) is 7.91. The van der Waals surface area contributed by atoms with E-state index in [2.05, 4.69) is 0 Å². The Morgan fingerprint density at radius 3 is 1.74 bits per heavy atom. The monoisotopic (exact) mass is 362 g/mol. The lowest BCUT2D eigenvalue weighted by Gasteiger charge is -2.11. The van der Waals surface area contributed by atoms with Crippen LogP contribution in [-0.4, -0.2) is 33.2 Å². The van der Waals surface area contributed by atoms with Gasteiger partial charge in [0, 0.05) is 0 Å². The fourth-order valence-corrected chi connectivity index (χ4v) is 2.77. The predicted octanol–water partition coefficient (Wildman–Crippen LogP) is 4.12. The summed E-state index contributed by atoms with van der Waals surface area (Å²) in [7, 11) is 0. The number of aromatic carboxylic acids is 3. The molecule has 3 aromatic carbocycles. The van der Waals surface area contributed by atoms with E-state index in [4.69, 9.17) is 10.2 Å². The second-order valence-electron chi connectivity index (χ2n) is 5.83. The molecule has 3 rings (SSSR count). The van der Waals surface area contributed by atoms with Crippen LogP contribution in [0.25, 0.3) is 22.3 Å². The lowest BCUT2D eigenvalue weighted by atomic mass is 9.93. The maximum absolute atomic E-state index is 11.6. The summed E-state index contributed by atoms with van der Waals surface area (Å²) in [6.45, 7) is 0. The van der Waals surface area contributed by atoms with Gasteiger partial charge in [-0.3, -0.25) is 0 Å². The number of carboxylic acid groups (broad SMARTS) is 3. The maximum Gasteiger partial charge on any atom is 0.336 e. The summed E-state index contributed by atoms with van der Waals surface area (Å²) in [4.78, 5) is 33.8. The average Bonchev–Trinajstić information content (AvgIpc) is 2.67. The molecule has 0 spiro atoms. The number of hydrogen-bond donors (Lipinski definition) is 3. The minimum atomic E-state index is -1.11. The Kier molecular flexibility index (Phi) is 4.72. The molecule has 0 amide bonds. The molecule has 0 atom stereocenters. The van der Waals surface area contributed by atoms with Gasteiger partial charge in [0.1, 0.15) is 0 Å². The van der Waals surface area contributed by atoms with Crippen molar-refractivity contribution in [1.82, 2.24) is 0 Å². The highest BCUT2D eigenvalue weighted by Crippen LogP contribution is 2.30. The number of carboxylic acids is 3. The molecule has 0 unspecified atom stereocenters. The van der Waals surface area contributed by atoms with Crippen LogP contribution in [0.1, 0.15) is 31.1 Å². The van der Waals surface area contributed by atoms with Gasteiger partial charge in [0.25, 0.3) is 0 Å². The number of benzene rings is 3. The minimum Gasteiger partial charge on any atom is -0.478 e. The van der Waals surface area contributed by atoms with Gasteiger partial charge in [-0.15, -0.1) is 0 Å². The summed E-state index contributed by atoms with van der Waals surface area (Å²) in [5.74, 6) is -3.24. The standard InChI is InChI=1S/C21H14O6/c22-19(23)13-6-4-12(5-7-13)18-11-15(8-9-17(18)21(26)27)14-2-1-3-16(10-14)20(24)25/h1-11H,(H,22,23)(H,24,25)(H,26,27). The quantitative estimate of drug-likeness (QED) is 0.629. The Labute approximate surface area is 154 Å². The first kappa shape index (κ1) is 17.9. The molecule has 0 bridgehead atoms. The van der Waals surface area contributed by atoms with Gasteiger partial charge in [-0.1, -0.05) is 30.3 Å². The highest BCUT2D eigenvalue weighted by atomic mass is 16.4. The van der Waals surface area contributed by atoms with E-state index in [1.165, 1.54) is 30.3 Å².